The van der Waals surface area contributed by atoms with Crippen LogP contribution in [0.15, 0.2) is 42.5 Å². The lowest BCUT2D eigenvalue weighted by atomic mass is 10.1. The van der Waals surface area contributed by atoms with Crippen molar-refractivity contribution in [3.63, 3.8) is 0 Å². The fourth-order valence-corrected chi connectivity index (χ4v) is 2.98. The Morgan fingerprint density at radius 3 is 2.35 bits per heavy atom. The fourth-order valence-electron chi connectivity index (χ4n) is 2.52. The number of anilines is 1. The van der Waals surface area contributed by atoms with Crippen LogP contribution in [0.1, 0.15) is 35.9 Å². The lowest BCUT2D eigenvalue weighted by Gasteiger charge is -2.12. The Bertz CT molecular complexity index is 952. The van der Waals surface area contributed by atoms with Crippen LogP contribution < -0.4 is 5.32 Å². The van der Waals surface area contributed by atoms with E-state index in [1.807, 2.05) is 26.0 Å². The van der Waals surface area contributed by atoms with Crippen molar-refractivity contribution in [2.45, 2.75) is 19.8 Å². The molecule has 26 heavy (non-hydrogen) atoms. The van der Waals surface area contributed by atoms with E-state index in [1.54, 1.807) is 35.0 Å². The van der Waals surface area contributed by atoms with Crippen molar-refractivity contribution in [3.8, 4) is 5.69 Å². The lowest BCUT2D eigenvalue weighted by Crippen LogP contribution is -2.16. The second kappa shape index (κ2) is 7.66. The van der Waals surface area contributed by atoms with E-state index in [4.69, 9.17) is 34.8 Å². The first-order chi connectivity index (χ1) is 12.4. The SMILES string of the molecule is CC(C)c1c(C(=O)Nc2cc(Cl)ccc2Cl)nnn1-c1ccc(Cl)cc1. The van der Waals surface area contributed by atoms with Crippen LogP contribution in [0.2, 0.25) is 15.1 Å². The minimum absolute atomic E-state index is 0.0104. The predicted molar refractivity (Wildman–Crippen MR) is 105 cm³/mol. The third-order valence-corrected chi connectivity index (χ3v) is 4.53. The highest BCUT2D eigenvalue weighted by Crippen LogP contribution is 2.27. The molecule has 134 valence electrons. The number of benzene rings is 2. The number of hydrogen-bond donors (Lipinski definition) is 1. The summed E-state index contributed by atoms with van der Waals surface area (Å²) in [6.07, 6.45) is 0. The smallest absolute Gasteiger partial charge is 0.278 e. The molecular formula is C18H15Cl3N4O. The highest BCUT2D eigenvalue weighted by Gasteiger charge is 2.23. The number of nitrogens with one attached hydrogen (secondary N) is 1. The largest absolute Gasteiger partial charge is 0.319 e. The topological polar surface area (TPSA) is 59.8 Å². The van der Waals surface area contributed by atoms with Crippen molar-refractivity contribution < 1.29 is 4.79 Å². The molecular weight excluding hydrogens is 395 g/mol. The number of rotatable bonds is 4. The molecule has 0 aliphatic rings. The summed E-state index contributed by atoms with van der Waals surface area (Å²) in [5, 5.41) is 12.4. The van der Waals surface area contributed by atoms with Crippen LogP contribution in [-0.4, -0.2) is 20.9 Å². The Morgan fingerprint density at radius 1 is 1.04 bits per heavy atom. The molecule has 0 aliphatic heterocycles. The minimum Gasteiger partial charge on any atom is -0.319 e. The molecule has 0 saturated heterocycles. The quantitative estimate of drug-likeness (QED) is 0.610. The number of amides is 1. The van der Waals surface area contributed by atoms with E-state index in [9.17, 15) is 4.79 Å². The van der Waals surface area contributed by atoms with Gasteiger partial charge in [0.2, 0.25) is 0 Å². The van der Waals surface area contributed by atoms with E-state index in [-0.39, 0.29) is 11.6 Å². The van der Waals surface area contributed by atoms with Gasteiger partial charge in [0.05, 0.1) is 22.1 Å². The van der Waals surface area contributed by atoms with Crippen LogP contribution >= 0.6 is 34.8 Å². The van der Waals surface area contributed by atoms with Gasteiger partial charge in [-0.1, -0.05) is 53.9 Å². The molecule has 3 aromatic rings. The molecule has 2 aromatic carbocycles. The first-order valence-electron chi connectivity index (χ1n) is 7.84. The second-order valence-corrected chi connectivity index (χ2v) is 7.22. The number of nitrogens with zero attached hydrogens (tertiary/aromatic N) is 3. The molecule has 5 nitrogen and oxygen atoms in total. The standard InChI is InChI=1S/C18H15Cl3N4O/c1-10(2)17-16(18(26)22-15-9-12(20)5-8-14(15)21)23-24-25(17)13-6-3-11(19)4-7-13/h3-10H,1-2H3,(H,22,26). The maximum absolute atomic E-state index is 12.8. The Morgan fingerprint density at radius 2 is 1.69 bits per heavy atom. The first-order valence-corrected chi connectivity index (χ1v) is 8.98. The summed E-state index contributed by atoms with van der Waals surface area (Å²) in [7, 11) is 0. The van der Waals surface area contributed by atoms with Crippen LogP contribution in [-0.2, 0) is 0 Å². The summed E-state index contributed by atoms with van der Waals surface area (Å²) in [6.45, 7) is 3.93. The van der Waals surface area contributed by atoms with E-state index in [0.717, 1.165) is 5.69 Å². The van der Waals surface area contributed by atoms with E-state index < -0.39 is 5.91 Å². The molecule has 0 bridgehead atoms. The summed E-state index contributed by atoms with van der Waals surface area (Å²) in [4.78, 5) is 12.8. The normalized spacial score (nSPS) is 11.0. The van der Waals surface area contributed by atoms with Crippen LogP contribution in [0.25, 0.3) is 5.69 Å². The Kier molecular flexibility index (Phi) is 5.51. The van der Waals surface area contributed by atoms with Crippen LogP contribution in [0, 0.1) is 0 Å². The molecule has 0 radical (unpaired) electrons. The van der Waals surface area contributed by atoms with Gasteiger partial charge in [0, 0.05) is 10.0 Å². The van der Waals surface area contributed by atoms with Gasteiger partial charge in [-0.3, -0.25) is 4.79 Å². The second-order valence-electron chi connectivity index (χ2n) is 5.94. The summed E-state index contributed by atoms with van der Waals surface area (Å²) in [6, 6.07) is 12.0. The molecule has 0 spiro atoms. The zero-order valence-electron chi connectivity index (χ0n) is 14.0. The van der Waals surface area contributed by atoms with Crippen molar-refractivity contribution in [3.05, 3.63) is 68.9 Å². The Labute approximate surface area is 165 Å². The van der Waals surface area contributed by atoms with Gasteiger partial charge in [0.1, 0.15) is 0 Å². The Balaban J connectivity index is 1.98. The number of halogens is 3. The number of hydrogen-bond acceptors (Lipinski definition) is 3. The zero-order valence-corrected chi connectivity index (χ0v) is 16.3. The predicted octanol–water partition coefficient (Wildman–Crippen LogP) is 5.60. The number of carbonyl (C=O) groups excluding carboxylic acids is 1. The third-order valence-electron chi connectivity index (χ3n) is 3.71. The van der Waals surface area contributed by atoms with Crippen LogP contribution in [0.5, 0.6) is 0 Å². The van der Waals surface area contributed by atoms with Crippen molar-refractivity contribution >= 4 is 46.4 Å². The average Bonchev–Trinajstić information content (AvgIpc) is 3.04. The zero-order chi connectivity index (χ0) is 18.8. The third kappa shape index (κ3) is 3.85. The fraction of sp³-hybridized carbons (Fsp3) is 0.167. The maximum atomic E-state index is 12.8. The van der Waals surface area contributed by atoms with Crippen molar-refractivity contribution in [2.24, 2.45) is 0 Å². The number of aromatic nitrogens is 3. The van der Waals surface area contributed by atoms with E-state index in [1.165, 1.54) is 0 Å². The highest BCUT2D eigenvalue weighted by molar-refractivity contribution is 6.35. The molecule has 0 saturated carbocycles. The Hall–Kier alpha value is -2.08. The summed E-state index contributed by atoms with van der Waals surface area (Å²) < 4.78 is 1.63. The number of carbonyl (C=O) groups is 1. The van der Waals surface area contributed by atoms with Gasteiger partial charge in [0.25, 0.3) is 5.91 Å². The summed E-state index contributed by atoms with van der Waals surface area (Å²) in [5.41, 5.74) is 2.10. The van der Waals surface area contributed by atoms with Gasteiger partial charge in [-0.2, -0.15) is 0 Å². The molecule has 1 aromatic heterocycles. The van der Waals surface area contributed by atoms with E-state index in [2.05, 4.69) is 15.6 Å². The summed E-state index contributed by atoms with van der Waals surface area (Å²) in [5.74, 6) is -0.394. The first kappa shape index (κ1) is 18.7. The van der Waals surface area contributed by atoms with E-state index >= 15 is 0 Å². The van der Waals surface area contributed by atoms with E-state index in [0.29, 0.717) is 26.4 Å². The molecule has 0 atom stereocenters. The molecule has 0 fully saturated rings. The maximum Gasteiger partial charge on any atom is 0.278 e. The minimum atomic E-state index is -0.405. The van der Waals surface area contributed by atoms with Gasteiger partial charge in [0.15, 0.2) is 5.69 Å². The van der Waals surface area contributed by atoms with Crippen molar-refractivity contribution in [1.82, 2.24) is 15.0 Å². The summed E-state index contributed by atoms with van der Waals surface area (Å²) >= 11 is 18.0. The molecule has 1 heterocycles. The van der Waals surface area contributed by atoms with Crippen LogP contribution in [0.3, 0.4) is 0 Å². The van der Waals surface area contributed by atoms with Crippen molar-refractivity contribution in [1.29, 1.82) is 0 Å². The molecule has 1 amide bonds. The molecule has 0 unspecified atom stereocenters. The molecule has 0 aliphatic carbocycles. The van der Waals surface area contributed by atoms with Gasteiger partial charge >= 0.3 is 0 Å². The van der Waals surface area contributed by atoms with Gasteiger partial charge in [-0.25, -0.2) is 4.68 Å². The molecule has 8 heteroatoms. The lowest BCUT2D eigenvalue weighted by molar-refractivity contribution is 0.102. The van der Waals surface area contributed by atoms with Gasteiger partial charge in [-0.15, -0.1) is 5.10 Å². The molecule has 1 N–H and O–H groups in total. The van der Waals surface area contributed by atoms with Crippen molar-refractivity contribution in [2.75, 3.05) is 5.32 Å². The average molecular weight is 410 g/mol. The van der Waals surface area contributed by atoms with Gasteiger partial charge in [-0.05, 0) is 48.4 Å². The highest BCUT2D eigenvalue weighted by atomic mass is 35.5. The van der Waals surface area contributed by atoms with Crippen LogP contribution in [0.4, 0.5) is 5.69 Å². The molecule has 3 rings (SSSR count). The van der Waals surface area contributed by atoms with Gasteiger partial charge < -0.3 is 5.32 Å². The monoisotopic (exact) mass is 408 g/mol.